The standard InChI is InChI=1S/C17H23N3O3S/c1-4-20-13(3)17(12(2)19-20)24(21,22)18-10-16-9-14-7-5-6-8-15(14)11-23-16/h5-8,16,18H,4,9-11H2,1-3H3/t16-/m1/s1. The molecule has 3 rings (SSSR count). The molecule has 0 fully saturated rings. The number of nitrogens with one attached hydrogen (secondary N) is 1. The van der Waals surface area contributed by atoms with Gasteiger partial charge in [-0.1, -0.05) is 24.3 Å². The zero-order chi connectivity index (χ0) is 17.3. The first-order chi connectivity index (χ1) is 11.4. The van der Waals surface area contributed by atoms with Gasteiger partial charge >= 0.3 is 0 Å². The summed E-state index contributed by atoms with van der Waals surface area (Å²) in [4.78, 5) is 0.278. The SMILES string of the molecule is CCn1nc(C)c(S(=O)(=O)NC[C@H]2Cc3ccccc3CO2)c1C. The van der Waals surface area contributed by atoms with Crippen molar-refractivity contribution in [2.45, 2.75) is 51.3 Å². The summed E-state index contributed by atoms with van der Waals surface area (Å²) in [6.07, 6.45) is 0.557. The van der Waals surface area contributed by atoms with Gasteiger partial charge in [0, 0.05) is 19.5 Å². The van der Waals surface area contributed by atoms with Crippen LogP contribution in [0.1, 0.15) is 29.4 Å². The molecule has 1 atom stereocenters. The maximum Gasteiger partial charge on any atom is 0.244 e. The first-order valence-corrected chi connectivity index (χ1v) is 9.62. The van der Waals surface area contributed by atoms with Gasteiger partial charge in [-0.05, 0) is 31.9 Å². The molecule has 1 aromatic heterocycles. The molecule has 1 aromatic carbocycles. The van der Waals surface area contributed by atoms with E-state index in [0.29, 0.717) is 31.0 Å². The van der Waals surface area contributed by atoms with E-state index in [-0.39, 0.29) is 17.5 Å². The first kappa shape index (κ1) is 17.1. The van der Waals surface area contributed by atoms with Crippen molar-refractivity contribution in [1.29, 1.82) is 0 Å². The Morgan fingerprint density at radius 3 is 2.67 bits per heavy atom. The van der Waals surface area contributed by atoms with Gasteiger partial charge < -0.3 is 4.74 Å². The molecule has 2 heterocycles. The quantitative estimate of drug-likeness (QED) is 0.895. The van der Waals surface area contributed by atoms with Crippen LogP contribution in [-0.4, -0.2) is 30.8 Å². The molecule has 1 N–H and O–H groups in total. The maximum atomic E-state index is 12.7. The Bertz CT molecular complexity index is 843. The summed E-state index contributed by atoms with van der Waals surface area (Å²) in [5.74, 6) is 0. The van der Waals surface area contributed by atoms with Crippen LogP contribution in [0.2, 0.25) is 0 Å². The third-order valence-electron chi connectivity index (χ3n) is 4.42. The summed E-state index contributed by atoms with van der Waals surface area (Å²) in [6.45, 7) is 6.87. The lowest BCUT2D eigenvalue weighted by Gasteiger charge is -2.25. The Hall–Kier alpha value is -1.70. The van der Waals surface area contributed by atoms with Gasteiger partial charge in [0.05, 0.1) is 24.1 Å². The summed E-state index contributed by atoms with van der Waals surface area (Å²) in [7, 11) is -3.60. The van der Waals surface area contributed by atoms with Crippen molar-refractivity contribution in [3.8, 4) is 0 Å². The molecule has 0 spiro atoms. The van der Waals surface area contributed by atoms with E-state index in [1.54, 1.807) is 18.5 Å². The third kappa shape index (κ3) is 3.24. The van der Waals surface area contributed by atoms with E-state index in [9.17, 15) is 8.42 Å². The highest BCUT2D eigenvalue weighted by molar-refractivity contribution is 7.89. The fourth-order valence-electron chi connectivity index (χ4n) is 3.19. The zero-order valence-electron chi connectivity index (χ0n) is 14.2. The Kier molecular flexibility index (Phi) is 4.76. The lowest BCUT2D eigenvalue weighted by atomic mass is 9.99. The monoisotopic (exact) mass is 349 g/mol. The zero-order valence-corrected chi connectivity index (χ0v) is 15.1. The van der Waals surface area contributed by atoms with E-state index >= 15 is 0 Å². The van der Waals surface area contributed by atoms with Crippen molar-refractivity contribution < 1.29 is 13.2 Å². The Balaban J connectivity index is 1.72. The molecule has 0 aliphatic carbocycles. The predicted molar refractivity (Wildman–Crippen MR) is 91.3 cm³/mol. The maximum absolute atomic E-state index is 12.7. The number of rotatable bonds is 5. The molecular weight excluding hydrogens is 326 g/mol. The number of nitrogens with zero attached hydrogens (tertiary/aromatic N) is 2. The van der Waals surface area contributed by atoms with Crippen LogP contribution in [0.15, 0.2) is 29.2 Å². The summed E-state index contributed by atoms with van der Waals surface area (Å²) >= 11 is 0. The fourth-order valence-corrected chi connectivity index (χ4v) is 4.67. The van der Waals surface area contributed by atoms with Crippen LogP contribution in [0.3, 0.4) is 0 Å². The highest BCUT2D eigenvalue weighted by atomic mass is 32.2. The molecule has 1 aliphatic heterocycles. The van der Waals surface area contributed by atoms with Gasteiger partial charge in [-0.3, -0.25) is 4.68 Å². The molecule has 0 radical (unpaired) electrons. The van der Waals surface area contributed by atoms with Crippen molar-refractivity contribution in [1.82, 2.24) is 14.5 Å². The number of fused-ring (bicyclic) bond motifs is 1. The predicted octanol–water partition coefficient (Wildman–Crippen LogP) is 1.94. The summed E-state index contributed by atoms with van der Waals surface area (Å²) < 4.78 is 35.5. The molecule has 130 valence electrons. The summed E-state index contributed by atoms with van der Waals surface area (Å²) in [5.41, 5.74) is 3.58. The molecule has 0 amide bonds. The van der Waals surface area contributed by atoms with E-state index in [2.05, 4.69) is 15.9 Å². The third-order valence-corrected chi connectivity index (χ3v) is 6.10. The molecule has 6 nitrogen and oxygen atoms in total. The molecule has 0 unspecified atom stereocenters. The molecule has 2 aromatic rings. The second-order valence-corrected chi connectivity index (χ2v) is 7.78. The molecule has 7 heteroatoms. The molecule has 24 heavy (non-hydrogen) atoms. The van der Waals surface area contributed by atoms with Crippen LogP contribution < -0.4 is 4.72 Å². The molecule has 0 saturated heterocycles. The van der Waals surface area contributed by atoms with Crippen molar-refractivity contribution in [3.63, 3.8) is 0 Å². The topological polar surface area (TPSA) is 73.2 Å². The van der Waals surface area contributed by atoms with Gasteiger partial charge in [-0.15, -0.1) is 0 Å². The first-order valence-electron chi connectivity index (χ1n) is 8.14. The van der Waals surface area contributed by atoms with Crippen LogP contribution >= 0.6 is 0 Å². The van der Waals surface area contributed by atoms with E-state index in [0.717, 1.165) is 0 Å². The highest BCUT2D eigenvalue weighted by Gasteiger charge is 2.26. The highest BCUT2D eigenvalue weighted by Crippen LogP contribution is 2.22. The van der Waals surface area contributed by atoms with E-state index in [1.807, 2.05) is 25.1 Å². The van der Waals surface area contributed by atoms with E-state index < -0.39 is 10.0 Å². The summed E-state index contributed by atoms with van der Waals surface area (Å²) in [5, 5.41) is 4.29. The van der Waals surface area contributed by atoms with Gasteiger partial charge in [0.1, 0.15) is 4.90 Å². The minimum absolute atomic E-state index is 0.156. The van der Waals surface area contributed by atoms with Gasteiger partial charge in [0.2, 0.25) is 10.0 Å². The minimum atomic E-state index is -3.60. The molecule has 1 aliphatic rings. The average Bonchev–Trinajstić information content (AvgIpc) is 2.87. The largest absolute Gasteiger partial charge is 0.372 e. The number of ether oxygens (including phenoxy) is 1. The Morgan fingerprint density at radius 1 is 1.29 bits per heavy atom. The number of aromatic nitrogens is 2. The van der Waals surface area contributed by atoms with Crippen LogP contribution in [0.4, 0.5) is 0 Å². The molecular formula is C17H23N3O3S. The van der Waals surface area contributed by atoms with Crippen LogP contribution in [-0.2, 0) is 34.3 Å². The lowest BCUT2D eigenvalue weighted by Crippen LogP contribution is -2.37. The number of hydrogen-bond donors (Lipinski definition) is 1. The molecule has 0 bridgehead atoms. The van der Waals surface area contributed by atoms with Gasteiger partial charge in [0.25, 0.3) is 0 Å². The molecule has 0 saturated carbocycles. The van der Waals surface area contributed by atoms with E-state index in [1.165, 1.54) is 11.1 Å². The van der Waals surface area contributed by atoms with Crippen molar-refractivity contribution in [3.05, 3.63) is 46.8 Å². The van der Waals surface area contributed by atoms with Gasteiger partial charge in [-0.2, -0.15) is 5.10 Å². The fraction of sp³-hybridized carbons (Fsp3) is 0.471. The second-order valence-electron chi connectivity index (χ2n) is 6.07. The van der Waals surface area contributed by atoms with Crippen LogP contribution in [0, 0.1) is 13.8 Å². The smallest absolute Gasteiger partial charge is 0.244 e. The normalized spacial score (nSPS) is 17.7. The van der Waals surface area contributed by atoms with Crippen molar-refractivity contribution in [2.75, 3.05) is 6.54 Å². The van der Waals surface area contributed by atoms with Crippen LogP contribution in [0.5, 0.6) is 0 Å². The summed E-state index contributed by atoms with van der Waals surface area (Å²) in [6, 6.07) is 8.10. The Morgan fingerprint density at radius 2 is 2.00 bits per heavy atom. The average molecular weight is 349 g/mol. The number of aryl methyl sites for hydroxylation is 2. The number of benzene rings is 1. The van der Waals surface area contributed by atoms with Gasteiger partial charge in [-0.25, -0.2) is 13.1 Å². The Labute approximate surface area is 142 Å². The van der Waals surface area contributed by atoms with Gasteiger partial charge in [0.15, 0.2) is 0 Å². The number of sulfonamides is 1. The number of hydrogen-bond acceptors (Lipinski definition) is 4. The van der Waals surface area contributed by atoms with Crippen LogP contribution in [0.25, 0.3) is 0 Å². The van der Waals surface area contributed by atoms with Crippen molar-refractivity contribution in [2.24, 2.45) is 0 Å². The minimum Gasteiger partial charge on any atom is -0.372 e. The van der Waals surface area contributed by atoms with Crippen molar-refractivity contribution >= 4 is 10.0 Å². The van der Waals surface area contributed by atoms with E-state index in [4.69, 9.17) is 4.74 Å². The second kappa shape index (κ2) is 6.66. The lowest BCUT2D eigenvalue weighted by molar-refractivity contribution is 0.0322.